The van der Waals surface area contributed by atoms with E-state index in [4.69, 9.17) is 9.84 Å². The number of unbranched alkanes of at least 4 members (excludes halogenated alkanes) is 8. The third-order valence-corrected chi connectivity index (χ3v) is 3.74. The van der Waals surface area contributed by atoms with E-state index in [1.54, 1.807) is 0 Å². The smallest absolute Gasteiger partial charge is 0.0841 e. The van der Waals surface area contributed by atoms with Crippen LogP contribution in [0, 0.1) is 0 Å². The van der Waals surface area contributed by atoms with Crippen molar-refractivity contribution < 1.29 is 9.84 Å². The number of hydrogen-bond donors (Lipinski definition) is 1. The first-order chi connectivity index (χ1) is 8.38. The van der Waals surface area contributed by atoms with Gasteiger partial charge in [-0.05, 0) is 19.3 Å². The number of rotatable bonds is 12. The summed E-state index contributed by atoms with van der Waals surface area (Å²) in [6, 6.07) is 0. The van der Waals surface area contributed by atoms with Crippen molar-refractivity contribution in [1.29, 1.82) is 0 Å². The minimum atomic E-state index is 0.363. The molecule has 1 heterocycles. The van der Waals surface area contributed by atoms with Crippen LogP contribution in [0.25, 0.3) is 0 Å². The molecule has 1 saturated heterocycles. The van der Waals surface area contributed by atoms with Crippen LogP contribution in [0.2, 0.25) is 0 Å². The molecule has 2 atom stereocenters. The average Bonchev–Trinajstić information content (AvgIpc) is 3.10. The maximum Gasteiger partial charge on any atom is 0.0841 e. The van der Waals surface area contributed by atoms with Gasteiger partial charge in [0.15, 0.2) is 0 Å². The Morgan fingerprint density at radius 3 is 1.76 bits per heavy atom. The van der Waals surface area contributed by atoms with Crippen LogP contribution in [-0.2, 0) is 4.74 Å². The Balaban J connectivity index is 1.68. The summed E-state index contributed by atoms with van der Waals surface area (Å²) in [5, 5.41) is 8.64. The van der Waals surface area contributed by atoms with Crippen molar-refractivity contribution in [2.24, 2.45) is 0 Å². The van der Waals surface area contributed by atoms with E-state index in [1.165, 1.54) is 64.2 Å². The molecule has 0 radical (unpaired) electrons. The van der Waals surface area contributed by atoms with Crippen LogP contribution < -0.4 is 0 Å². The highest BCUT2D eigenvalue weighted by Gasteiger charge is 2.35. The normalized spacial score (nSPS) is 22.9. The van der Waals surface area contributed by atoms with Crippen LogP contribution in [0.1, 0.15) is 77.6 Å². The van der Waals surface area contributed by atoms with Gasteiger partial charge in [0.2, 0.25) is 0 Å². The van der Waals surface area contributed by atoms with E-state index in [9.17, 15) is 0 Å². The molecule has 1 N–H and O–H groups in total. The van der Waals surface area contributed by atoms with Gasteiger partial charge in [-0.3, -0.25) is 0 Å². The highest BCUT2D eigenvalue weighted by Crippen LogP contribution is 2.29. The molecular formula is C15H30O2. The molecule has 0 aromatic carbocycles. The highest BCUT2D eigenvalue weighted by molar-refractivity contribution is 4.82. The molecule has 102 valence electrons. The molecule has 0 bridgehead atoms. The maximum absolute atomic E-state index is 8.64. The Morgan fingerprint density at radius 2 is 1.29 bits per heavy atom. The van der Waals surface area contributed by atoms with E-state index in [0.717, 1.165) is 6.42 Å². The number of aliphatic hydroxyl groups is 1. The molecule has 0 amide bonds. The minimum absolute atomic E-state index is 0.363. The largest absolute Gasteiger partial charge is 0.396 e. The van der Waals surface area contributed by atoms with Gasteiger partial charge in [0.1, 0.15) is 0 Å². The summed E-state index contributed by atoms with van der Waals surface area (Å²) < 4.78 is 5.53. The molecule has 0 spiro atoms. The number of aliphatic hydroxyl groups excluding tert-OH is 1. The third kappa shape index (κ3) is 7.77. The molecule has 0 aliphatic carbocycles. The zero-order chi connectivity index (χ0) is 12.3. The fraction of sp³-hybridized carbons (Fsp3) is 1.00. The summed E-state index contributed by atoms with van der Waals surface area (Å²) in [4.78, 5) is 0. The first-order valence-electron chi connectivity index (χ1n) is 7.64. The van der Waals surface area contributed by atoms with Crippen molar-refractivity contribution in [3.63, 3.8) is 0 Å². The Hall–Kier alpha value is -0.0800. The lowest BCUT2D eigenvalue weighted by Gasteiger charge is -2.01. The van der Waals surface area contributed by atoms with Crippen molar-refractivity contribution in [3.8, 4) is 0 Å². The van der Waals surface area contributed by atoms with E-state index >= 15 is 0 Å². The Morgan fingerprint density at radius 1 is 0.765 bits per heavy atom. The quantitative estimate of drug-likeness (QED) is 0.413. The zero-order valence-corrected chi connectivity index (χ0v) is 11.5. The molecule has 1 aliphatic rings. The molecule has 0 aromatic rings. The van der Waals surface area contributed by atoms with Crippen molar-refractivity contribution >= 4 is 0 Å². The van der Waals surface area contributed by atoms with E-state index in [0.29, 0.717) is 18.8 Å². The van der Waals surface area contributed by atoms with Crippen LogP contribution in [-0.4, -0.2) is 23.9 Å². The summed E-state index contributed by atoms with van der Waals surface area (Å²) in [6.45, 7) is 2.57. The molecule has 2 heteroatoms. The van der Waals surface area contributed by atoms with Gasteiger partial charge in [-0.25, -0.2) is 0 Å². The van der Waals surface area contributed by atoms with Crippen molar-refractivity contribution in [1.82, 2.24) is 0 Å². The van der Waals surface area contributed by atoms with Gasteiger partial charge in [-0.1, -0.05) is 58.3 Å². The van der Waals surface area contributed by atoms with E-state index in [-0.39, 0.29) is 0 Å². The average molecular weight is 242 g/mol. The minimum Gasteiger partial charge on any atom is -0.396 e. The molecule has 1 fully saturated rings. The zero-order valence-electron chi connectivity index (χ0n) is 11.5. The lowest BCUT2D eigenvalue weighted by Crippen LogP contribution is -1.92. The monoisotopic (exact) mass is 242 g/mol. The maximum atomic E-state index is 8.64. The molecule has 2 unspecified atom stereocenters. The van der Waals surface area contributed by atoms with Gasteiger partial charge in [-0.15, -0.1) is 0 Å². The second-order valence-electron chi connectivity index (χ2n) is 5.32. The lowest BCUT2D eigenvalue weighted by atomic mass is 10.0. The van der Waals surface area contributed by atoms with E-state index in [1.807, 2.05) is 0 Å². The summed E-state index contributed by atoms with van der Waals surface area (Å²) in [5.41, 5.74) is 0. The van der Waals surface area contributed by atoms with Gasteiger partial charge in [-0.2, -0.15) is 0 Å². The first kappa shape index (κ1) is 15.0. The summed E-state index contributed by atoms with van der Waals surface area (Å²) >= 11 is 0. The van der Waals surface area contributed by atoms with Gasteiger partial charge in [0.05, 0.1) is 12.2 Å². The number of hydrogen-bond acceptors (Lipinski definition) is 2. The van der Waals surface area contributed by atoms with Crippen molar-refractivity contribution in [2.75, 3.05) is 6.61 Å². The van der Waals surface area contributed by atoms with E-state index in [2.05, 4.69) is 6.92 Å². The Bertz CT molecular complexity index is 170. The molecular weight excluding hydrogens is 212 g/mol. The second-order valence-corrected chi connectivity index (χ2v) is 5.32. The molecule has 1 rings (SSSR count). The fourth-order valence-corrected chi connectivity index (χ4v) is 2.49. The Labute approximate surface area is 107 Å². The topological polar surface area (TPSA) is 32.8 Å². The summed E-state index contributed by atoms with van der Waals surface area (Å²) in [5.74, 6) is 0. The predicted octanol–water partition coefficient (Wildman–Crippen LogP) is 4.06. The van der Waals surface area contributed by atoms with Crippen LogP contribution in [0.3, 0.4) is 0 Å². The summed E-state index contributed by atoms with van der Waals surface area (Å²) in [6.07, 6.45) is 15.4. The van der Waals surface area contributed by atoms with Crippen LogP contribution in [0.5, 0.6) is 0 Å². The predicted molar refractivity (Wildman–Crippen MR) is 72.2 cm³/mol. The summed E-state index contributed by atoms with van der Waals surface area (Å²) in [7, 11) is 0. The van der Waals surface area contributed by atoms with Crippen LogP contribution >= 0.6 is 0 Å². The SMILES string of the molecule is CCC1OC1CCCCCCCCCCCO. The highest BCUT2D eigenvalue weighted by atomic mass is 16.6. The fourth-order valence-electron chi connectivity index (χ4n) is 2.49. The Kier molecular flexibility index (Phi) is 8.72. The molecule has 17 heavy (non-hydrogen) atoms. The lowest BCUT2D eigenvalue weighted by molar-refractivity contribution is 0.282. The first-order valence-corrected chi connectivity index (χ1v) is 7.64. The van der Waals surface area contributed by atoms with Gasteiger partial charge in [0.25, 0.3) is 0 Å². The van der Waals surface area contributed by atoms with Crippen molar-refractivity contribution in [2.45, 2.75) is 89.8 Å². The molecule has 0 saturated carbocycles. The van der Waals surface area contributed by atoms with E-state index < -0.39 is 0 Å². The van der Waals surface area contributed by atoms with Gasteiger partial charge in [0, 0.05) is 6.61 Å². The van der Waals surface area contributed by atoms with Crippen LogP contribution in [0.15, 0.2) is 0 Å². The standard InChI is InChI=1S/C15H30O2/c1-2-14-15(17-14)12-10-8-6-4-3-5-7-9-11-13-16/h14-16H,2-13H2,1H3. The molecule has 2 nitrogen and oxygen atoms in total. The molecule has 0 aromatic heterocycles. The number of ether oxygens (including phenoxy) is 1. The third-order valence-electron chi connectivity index (χ3n) is 3.74. The van der Waals surface area contributed by atoms with Crippen LogP contribution in [0.4, 0.5) is 0 Å². The number of epoxide rings is 1. The second kappa shape index (κ2) is 9.90. The molecule has 1 aliphatic heterocycles. The van der Waals surface area contributed by atoms with Gasteiger partial charge < -0.3 is 9.84 Å². The van der Waals surface area contributed by atoms with Crippen molar-refractivity contribution in [3.05, 3.63) is 0 Å². The van der Waals surface area contributed by atoms with Gasteiger partial charge >= 0.3 is 0 Å².